The molecule has 3 nitrogen and oxygen atoms in total. The van der Waals surface area contributed by atoms with E-state index in [1.54, 1.807) is 18.3 Å². The van der Waals surface area contributed by atoms with Crippen LogP contribution in [0, 0.1) is 0 Å². The summed E-state index contributed by atoms with van der Waals surface area (Å²) in [5.74, 6) is 0.105. The summed E-state index contributed by atoms with van der Waals surface area (Å²) >= 11 is 5.83. The molecule has 0 radical (unpaired) electrons. The van der Waals surface area contributed by atoms with E-state index in [-0.39, 0.29) is 5.78 Å². The predicted molar refractivity (Wildman–Crippen MR) is 88.0 cm³/mol. The Bertz CT molecular complexity index is 631. The van der Waals surface area contributed by atoms with Gasteiger partial charge in [-0.15, -0.1) is 0 Å². The zero-order valence-corrected chi connectivity index (χ0v) is 12.8. The molecule has 0 saturated heterocycles. The molecule has 108 valence electrons. The molecule has 0 N–H and O–H groups in total. The predicted octanol–water partition coefficient (Wildman–Crippen LogP) is 3.83. The number of nitrogens with zero attached hydrogens (tertiary/aromatic N) is 2. The minimum Gasteiger partial charge on any atom is -0.302 e. The maximum Gasteiger partial charge on any atom is 0.176 e. The van der Waals surface area contributed by atoms with Crippen LogP contribution in [-0.2, 0) is 0 Å². The number of rotatable bonds is 5. The summed E-state index contributed by atoms with van der Waals surface area (Å²) in [7, 11) is 3.76. The Kier molecular flexibility index (Phi) is 5.26. The van der Waals surface area contributed by atoms with Gasteiger partial charge in [0.2, 0.25) is 0 Å². The van der Waals surface area contributed by atoms with Gasteiger partial charge in [-0.25, -0.2) is 0 Å². The number of carbonyl (C=O) groups is 1. The summed E-state index contributed by atoms with van der Waals surface area (Å²) in [5.41, 5.74) is 2.49. The third-order valence-corrected chi connectivity index (χ3v) is 3.13. The molecule has 21 heavy (non-hydrogen) atoms. The summed E-state index contributed by atoms with van der Waals surface area (Å²) < 4.78 is 0. The van der Waals surface area contributed by atoms with Gasteiger partial charge in [-0.05, 0) is 56.1 Å². The molecule has 0 atom stereocenters. The number of ketones is 1. The first kappa shape index (κ1) is 15.4. The van der Waals surface area contributed by atoms with Gasteiger partial charge in [0.1, 0.15) is 0 Å². The fourth-order valence-corrected chi connectivity index (χ4v) is 1.94. The van der Waals surface area contributed by atoms with Crippen LogP contribution in [0.2, 0.25) is 5.02 Å². The Morgan fingerprint density at radius 2 is 1.71 bits per heavy atom. The van der Waals surface area contributed by atoms with E-state index in [1.807, 2.05) is 55.4 Å². The molecule has 0 aliphatic carbocycles. The Balaban J connectivity index is 2.05. The van der Waals surface area contributed by atoms with Gasteiger partial charge in [-0.3, -0.25) is 9.79 Å². The van der Waals surface area contributed by atoms with Crippen LogP contribution in [0.15, 0.2) is 53.5 Å². The van der Waals surface area contributed by atoms with E-state index in [2.05, 4.69) is 4.99 Å². The van der Waals surface area contributed by atoms with Crippen molar-refractivity contribution in [2.75, 3.05) is 20.6 Å². The number of Topliss-reactive ketones (excluding diaryl/α,β-unsaturated/α-hetero) is 1. The second-order valence-corrected chi connectivity index (χ2v) is 5.45. The van der Waals surface area contributed by atoms with Gasteiger partial charge < -0.3 is 4.90 Å². The lowest BCUT2D eigenvalue weighted by atomic mass is 10.1. The van der Waals surface area contributed by atoms with Gasteiger partial charge in [0, 0.05) is 16.8 Å². The maximum atomic E-state index is 11.9. The molecule has 0 saturated carbocycles. The third-order valence-electron chi connectivity index (χ3n) is 2.88. The van der Waals surface area contributed by atoms with Gasteiger partial charge in [0.15, 0.2) is 5.78 Å². The highest BCUT2D eigenvalue weighted by molar-refractivity contribution is 6.30. The van der Waals surface area contributed by atoms with Crippen LogP contribution in [0.25, 0.3) is 0 Å². The summed E-state index contributed by atoms with van der Waals surface area (Å²) in [6.45, 7) is 0.410. The molecular formula is C17H17ClN2O. The van der Waals surface area contributed by atoms with Crippen molar-refractivity contribution in [3.8, 4) is 0 Å². The first-order valence-corrected chi connectivity index (χ1v) is 7.00. The number of halogens is 1. The summed E-state index contributed by atoms with van der Waals surface area (Å²) in [4.78, 5) is 18.1. The first-order chi connectivity index (χ1) is 10.0. The molecule has 2 aromatic rings. The number of aliphatic imine (C=N–C) groups is 1. The number of hydrogen-bond donors (Lipinski definition) is 0. The van der Waals surface area contributed by atoms with Crippen molar-refractivity contribution >= 4 is 29.3 Å². The van der Waals surface area contributed by atoms with E-state index in [0.717, 1.165) is 11.3 Å². The molecule has 0 aliphatic heterocycles. The van der Waals surface area contributed by atoms with Gasteiger partial charge in [0.05, 0.1) is 12.2 Å². The quantitative estimate of drug-likeness (QED) is 0.621. The van der Waals surface area contributed by atoms with Crippen LogP contribution >= 0.6 is 11.6 Å². The van der Waals surface area contributed by atoms with E-state index >= 15 is 0 Å². The number of carbonyl (C=O) groups excluding carboxylic acids is 1. The summed E-state index contributed by atoms with van der Waals surface area (Å²) in [6, 6.07) is 14.8. The minimum absolute atomic E-state index is 0.105. The number of likely N-dealkylation sites (N-methyl/N-ethyl adjacent to an activating group) is 1. The molecule has 0 unspecified atom stereocenters. The van der Waals surface area contributed by atoms with Crippen LogP contribution in [0.4, 0.5) is 5.69 Å². The molecule has 0 amide bonds. The third kappa shape index (κ3) is 4.81. The Morgan fingerprint density at radius 3 is 2.29 bits per heavy atom. The molecule has 0 aliphatic rings. The van der Waals surface area contributed by atoms with Gasteiger partial charge in [0.25, 0.3) is 0 Å². The lowest BCUT2D eigenvalue weighted by Gasteiger charge is -2.08. The molecule has 4 heteroatoms. The van der Waals surface area contributed by atoms with E-state index in [1.165, 1.54) is 0 Å². The second-order valence-electron chi connectivity index (χ2n) is 5.02. The average molecular weight is 301 g/mol. The fourth-order valence-electron chi connectivity index (χ4n) is 1.81. The lowest BCUT2D eigenvalue weighted by Crippen LogP contribution is -2.21. The van der Waals surface area contributed by atoms with Crippen molar-refractivity contribution in [3.63, 3.8) is 0 Å². The lowest BCUT2D eigenvalue weighted by molar-refractivity contribution is 0.0958. The van der Waals surface area contributed by atoms with Crippen LogP contribution in [0.3, 0.4) is 0 Å². The van der Waals surface area contributed by atoms with Crippen molar-refractivity contribution < 1.29 is 4.79 Å². The second kappa shape index (κ2) is 7.16. The highest BCUT2D eigenvalue weighted by Crippen LogP contribution is 2.14. The molecule has 2 rings (SSSR count). The molecule has 2 aromatic carbocycles. The normalized spacial score (nSPS) is 11.2. The van der Waals surface area contributed by atoms with Crippen LogP contribution in [0.5, 0.6) is 0 Å². The SMILES string of the molecule is CN(C)CC(=O)c1ccc(N=Cc2ccc(Cl)cc2)cc1. The number of benzene rings is 2. The average Bonchev–Trinajstić information content (AvgIpc) is 2.46. The highest BCUT2D eigenvalue weighted by atomic mass is 35.5. The zero-order valence-electron chi connectivity index (χ0n) is 12.1. The fraction of sp³-hybridized carbons (Fsp3) is 0.176. The van der Waals surface area contributed by atoms with E-state index in [0.29, 0.717) is 17.1 Å². The highest BCUT2D eigenvalue weighted by Gasteiger charge is 2.06. The van der Waals surface area contributed by atoms with Gasteiger partial charge >= 0.3 is 0 Å². The van der Waals surface area contributed by atoms with Crippen molar-refractivity contribution in [1.82, 2.24) is 4.90 Å². The van der Waals surface area contributed by atoms with Crippen molar-refractivity contribution in [2.45, 2.75) is 0 Å². The van der Waals surface area contributed by atoms with Crippen LogP contribution in [-0.4, -0.2) is 37.5 Å². The molecular weight excluding hydrogens is 284 g/mol. The number of hydrogen-bond acceptors (Lipinski definition) is 3. The van der Waals surface area contributed by atoms with Gasteiger partial charge in [-0.1, -0.05) is 23.7 Å². The molecule has 0 spiro atoms. The molecule has 0 heterocycles. The Morgan fingerprint density at radius 1 is 1.10 bits per heavy atom. The summed E-state index contributed by atoms with van der Waals surface area (Å²) in [6.07, 6.45) is 1.77. The van der Waals surface area contributed by atoms with Crippen molar-refractivity contribution in [1.29, 1.82) is 0 Å². The maximum absolute atomic E-state index is 11.9. The smallest absolute Gasteiger partial charge is 0.176 e. The van der Waals surface area contributed by atoms with E-state index in [4.69, 9.17) is 11.6 Å². The summed E-state index contributed by atoms with van der Waals surface area (Å²) in [5, 5.41) is 0.705. The Labute approximate surface area is 129 Å². The van der Waals surface area contributed by atoms with E-state index in [9.17, 15) is 4.79 Å². The standard InChI is InChI=1S/C17H17ClN2O/c1-20(2)12-17(21)14-5-9-16(10-6-14)19-11-13-3-7-15(18)8-4-13/h3-11H,12H2,1-2H3. The topological polar surface area (TPSA) is 32.7 Å². The minimum atomic E-state index is 0.105. The van der Waals surface area contributed by atoms with Crippen molar-refractivity contribution in [2.24, 2.45) is 4.99 Å². The molecule has 0 fully saturated rings. The Hall–Kier alpha value is -1.97. The monoisotopic (exact) mass is 300 g/mol. The first-order valence-electron chi connectivity index (χ1n) is 6.62. The molecule has 0 aromatic heterocycles. The van der Waals surface area contributed by atoms with Gasteiger partial charge in [-0.2, -0.15) is 0 Å². The largest absolute Gasteiger partial charge is 0.302 e. The van der Waals surface area contributed by atoms with E-state index < -0.39 is 0 Å². The van der Waals surface area contributed by atoms with Crippen LogP contribution in [0.1, 0.15) is 15.9 Å². The zero-order chi connectivity index (χ0) is 15.2. The van der Waals surface area contributed by atoms with Crippen LogP contribution < -0.4 is 0 Å². The van der Waals surface area contributed by atoms with Crippen molar-refractivity contribution in [3.05, 3.63) is 64.7 Å². The molecule has 0 bridgehead atoms.